The van der Waals surface area contributed by atoms with Crippen molar-refractivity contribution in [1.82, 2.24) is 0 Å². The molecule has 0 fully saturated rings. The molecule has 0 radical (unpaired) electrons. The summed E-state index contributed by atoms with van der Waals surface area (Å²) in [5.74, 6) is 0. The van der Waals surface area contributed by atoms with E-state index in [4.69, 9.17) is 29.6 Å². The molecule has 4 heteroatoms. The number of hydrogen-bond acceptors (Lipinski definition) is 2. The number of thiocarbonyl (C=S) groups is 1. The monoisotopic (exact) mass is 228 g/mol. The van der Waals surface area contributed by atoms with Crippen molar-refractivity contribution in [2.75, 3.05) is 18.5 Å². The molecule has 0 saturated heterocycles. The standard InChI is InChI=1S/C10H13ClN2S/c1-3-13(2)9-6-7(11)4-5-8(9)10(12)14/h4-6H,3H2,1-2H3,(H2,12,14). The summed E-state index contributed by atoms with van der Waals surface area (Å²) in [6.07, 6.45) is 0. The molecule has 1 aromatic rings. The van der Waals surface area contributed by atoms with Crippen LogP contribution < -0.4 is 10.6 Å². The topological polar surface area (TPSA) is 29.3 Å². The fraction of sp³-hybridized carbons (Fsp3) is 0.300. The van der Waals surface area contributed by atoms with Crippen molar-refractivity contribution >= 4 is 34.5 Å². The summed E-state index contributed by atoms with van der Waals surface area (Å²) in [7, 11) is 1.98. The van der Waals surface area contributed by atoms with E-state index in [-0.39, 0.29) is 0 Å². The first-order chi connectivity index (χ1) is 6.56. The molecule has 1 aromatic carbocycles. The zero-order valence-corrected chi connectivity index (χ0v) is 9.82. The number of nitrogens with zero attached hydrogens (tertiary/aromatic N) is 1. The van der Waals surface area contributed by atoms with Gasteiger partial charge in [0.05, 0.1) is 0 Å². The fourth-order valence-corrected chi connectivity index (χ4v) is 1.54. The summed E-state index contributed by atoms with van der Waals surface area (Å²) < 4.78 is 0. The van der Waals surface area contributed by atoms with Crippen LogP contribution in [0.5, 0.6) is 0 Å². The van der Waals surface area contributed by atoms with Crippen molar-refractivity contribution in [2.24, 2.45) is 5.73 Å². The molecule has 0 spiro atoms. The highest BCUT2D eigenvalue weighted by molar-refractivity contribution is 7.80. The van der Waals surface area contributed by atoms with Crippen LogP contribution in [0.25, 0.3) is 0 Å². The van der Waals surface area contributed by atoms with Gasteiger partial charge in [0.15, 0.2) is 0 Å². The lowest BCUT2D eigenvalue weighted by Gasteiger charge is -2.20. The number of hydrogen-bond donors (Lipinski definition) is 1. The van der Waals surface area contributed by atoms with Crippen LogP contribution >= 0.6 is 23.8 Å². The normalized spacial score (nSPS) is 9.93. The molecule has 0 aliphatic heterocycles. The van der Waals surface area contributed by atoms with Gasteiger partial charge in [-0.1, -0.05) is 23.8 Å². The Kier molecular flexibility index (Phi) is 3.72. The van der Waals surface area contributed by atoms with E-state index in [0.29, 0.717) is 10.0 Å². The van der Waals surface area contributed by atoms with Crippen molar-refractivity contribution < 1.29 is 0 Å². The molecule has 2 N–H and O–H groups in total. The third kappa shape index (κ3) is 2.36. The minimum absolute atomic E-state index is 0.400. The Morgan fingerprint density at radius 2 is 2.21 bits per heavy atom. The molecule has 0 aliphatic rings. The maximum atomic E-state index is 5.91. The SMILES string of the molecule is CCN(C)c1cc(Cl)ccc1C(N)=S. The van der Waals surface area contributed by atoms with E-state index in [2.05, 4.69) is 11.8 Å². The van der Waals surface area contributed by atoms with E-state index in [1.807, 2.05) is 19.2 Å². The minimum Gasteiger partial charge on any atom is -0.389 e. The van der Waals surface area contributed by atoms with E-state index < -0.39 is 0 Å². The molecule has 0 amide bonds. The average Bonchev–Trinajstić information content (AvgIpc) is 2.16. The maximum Gasteiger partial charge on any atom is 0.106 e. The number of anilines is 1. The first-order valence-electron chi connectivity index (χ1n) is 4.36. The summed E-state index contributed by atoms with van der Waals surface area (Å²) in [6.45, 7) is 2.94. The molecule has 0 saturated carbocycles. The Balaban J connectivity index is 3.22. The van der Waals surface area contributed by atoms with Gasteiger partial charge in [-0.3, -0.25) is 0 Å². The van der Waals surface area contributed by atoms with Gasteiger partial charge < -0.3 is 10.6 Å². The Morgan fingerprint density at radius 3 is 2.71 bits per heavy atom. The molecule has 76 valence electrons. The molecule has 0 aliphatic carbocycles. The van der Waals surface area contributed by atoms with Crippen LogP contribution in [0.3, 0.4) is 0 Å². The number of halogens is 1. The zero-order chi connectivity index (χ0) is 10.7. The van der Waals surface area contributed by atoms with E-state index >= 15 is 0 Å². The van der Waals surface area contributed by atoms with Gasteiger partial charge in [-0.2, -0.15) is 0 Å². The van der Waals surface area contributed by atoms with Crippen molar-refractivity contribution in [2.45, 2.75) is 6.92 Å². The lowest BCUT2D eigenvalue weighted by Crippen LogP contribution is -2.21. The number of rotatable bonds is 3. The van der Waals surface area contributed by atoms with Crippen LogP contribution in [0.2, 0.25) is 5.02 Å². The minimum atomic E-state index is 0.400. The zero-order valence-electron chi connectivity index (χ0n) is 8.25. The van der Waals surface area contributed by atoms with Crippen LogP contribution in [0.4, 0.5) is 5.69 Å². The average molecular weight is 229 g/mol. The van der Waals surface area contributed by atoms with Crippen molar-refractivity contribution in [3.63, 3.8) is 0 Å². The second kappa shape index (κ2) is 4.62. The highest BCUT2D eigenvalue weighted by Crippen LogP contribution is 2.23. The molecular formula is C10H13ClN2S. The Bertz CT molecular complexity index is 352. The summed E-state index contributed by atoms with van der Waals surface area (Å²) in [4.78, 5) is 2.46. The summed E-state index contributed by atoms with van der Waals surface area (Å²) in [5, 5.41) is 0.695. The molecule has 0 unspecified atom stereocenters. The molecule has 1 rings (SSSR count). The van der Waals surface area contributed by atoms with Crippen molar-refractivity contribution in [3.8, 4) is 0 Å². The van der Waals surface area contributed by atoms with Gasteiger partial charge in [-0.05, 0) is 25.1 Å². The van der Waals surface area contributed by atoms with E-state index in [1.165, 1.54) is 0 Å². The van der Waals surface area contributed by atoms with Gasteiger partial charge in [-0.15, -0.1) is 0 Å². The third-order valence-electron chi connectivity index (χ3n) is 2.11. The van der Waals surface area contributed by atoms with Gasteiger partial charge in [0.1, 0.15) is 4.99 Å². The molecular weight excluding hydrogens is 216 g/mol. The van der Waals surface area contributed by atoms with Crippen LogP contribution in [-0.4, -0.2) is 18.6 Å². The first kappa shape index (κ1) is 11.3. The molecule has 2 nitrogen and oxygen atoms in total. The first-order valence-corrected chi connectivity index (χ1v) is 5.15. The second-order valence-electron chi connectivity index (χ2n) is 3.04. The smallest absolute Gasteiger partial charge is 0.106 e. The summed E-state index contributed by atoms with van der Waals surface area (Å²) >= 11 is 10.9. The predicted octanol–water partition coefficient (Wildman–Crippen LogP) is 2.43. The lowest BCUT2D eigenvalue weighted by molar-refractivity contribution is 0.967. The van der Waals surface area contributed by atoms with Gasteiger partial charge in [-0.25, -0.2) is 0 Å². The largest absolute Gasteiger partial charge is 0.389 e. The molecule has 0 bridgehead atoms. The Hall–Kier alpha value is -0.800. The second-order valence-corrected chi connectivity index (χ2v) is 3.92. The van der Waals surface area contributed by atoms with E-state index in [9.17, 15) is 0 Å². The molecule has 0 aromatic heterocycles. The highest BCUT2D eigenvalue weighted by atomic mass is 35.5. The lowest BCUT2D eigenvalue weighted by atomic mass is 10.1. The highest BCUT2D eigenvalue weighted by Gasteiger charge is 2.08. The molecule has 0 atom stereocenters. The molecule has 0 heterocycles. The summed E-state index contributed by atoms with van der Waals surface area (Å²) in [5.41, 5.74) is 7.47. The van der Waals surface area contributed by atoms with Gasteiger partial charge in [0, 0.05) is 29.9 Å². The van der Waals surface area contributed by atoms with Crippen molar-refractivity contribution in [3.05, 3.63) is 28.8 Å². The number of benzene rings is 1. The van der Waals surface area contributed by atoms with E-state index in [0.717, 1.165) is 17.8 Å². The van der Waals surface area contributed by atoms with Crippen LogP contribution in [0, 0.1) is 0 Å². The van der Waals surface area contributed by atoms with Gasteiger partial charge in [0.25, 0.3) is 0 Å². The third-order valence-corrected chi connectivity index (χ3v) is 2.57. The van der Waals surface area contributed by atoms with Crippen LogP contribution in [0.15, 0.2) is 18.2 Å². The van der Waals surface area contributed by atoms with Crippen molar-refractivity contribution in [1.29, 1.82) is 0 Å². The van der Waals surface area contributed by atoms with Gasteiger partial charge >= 0.3 is 0 Å². The van der Waals surface area contributed by atoms with Crippen LogP contribution in [0.1, 0.15) is 12.5 Å². The fourth-order valence-electron chi connectivity index (χ4n) is 1.20. The van der Waals surface area contributed by atoms with Gasteiger partial charge in [0.2, 0.25) is 0 Å². The van der Waals surface area contributed by atoms with E-state index in [1.54, 1.807) is 6.07 Å². The Morgan fingerprint density at radius 1 is 1.57 bits per heavy atom. The predicted molar refractivity (Wildman–Crippen MR) is 66.3 cm³/mol. The van der Waals surface area contributed by atoms with Crippen LogP contribution in [-0.2, 0) is 0 Å². The maximum absolute atomic E-state index is 5.91. The number of nitrogens with two attached hydrogens (primary N) is 1. The molecule has 14 heavy (non-hydrogen) atoms. The Labute approximate surface area is 94.7 Å². The quantitative estimate of drug-likeness (QED) is 0.806. The summed E-state index contributed by atoms with van der Waals surface area (Å²) in [6, 6.07) is 5.52.